The minimum atomic E-state index is -0.642. The van der Waals surface area contributed by atoms with E-state index in [0.717, 1.165) is 50.1 Å². The molecule has 4 nitrogen and oxygen atoms in total. The summed E-state index contributed by atoms with van der Waals surface area (Å²) in [7, 11) is 2.10. The number of benzene rings is 2. The van der Waals surface area contributed by atoms with E-state index in [4.69, 9.17) is 10.5 Å². The predicted molar refractivity (Wildman–Crippen MR) is 119 cm³/mol. The summed E-state index contributed by atoms with van der Waals surface area (Å²) >= 11 is 0. The summed E-state index contributed by atoms with van der Waals surface area (Å²) < 4.78 is 5.94. The molecule has 1 aliphatic rings. The Labute approximate surface area is 175 Å². The fourth-order valence-electron chi connectivity index (χ4n) is 4.51. The number of aliphatic hydroxyl groups is 1. The van der Waals surface area contributed by atoms with E-state index in [0.29, 0.717) is 6.61 Å². The average molecular weight is 397 g/mol. The summed E-state index contributed by atoms with van der Waals surface area (Å²) in [6.45, 7) is 4.22. The van der Waals surface area contributed by atoms with Gasteiger partial charge in [0.25, 0.3) is 0 Å². The van der Waals surface area contributed by atoms with E-state index in [1.165, 1.54) is 12.0 Å². The number of nitrogens with zero attached hydrogens (tertiary/aromatic N) is 1. The van der Waals surface area contributed by atoms with E-state index >= 15 is 0 Å². The number of rotatable bonds is 9. The van der Waals surface area contributed by atoms with Gasteiger partial charge in [-0.25, -0.2) is 0 Å². The highest BCUT2D eigenvalue weighted by molar-refractivity contribution is 5.32. The van der Waals surface area contributed by atoms with Crippen molar-refractivity contribution in [1.29, 1.82) is 0 Å². The molecule has 0 bridgehead atoms. The van der Waals surface area contributed by atoms with E-state index in [-0.39, 0.29) is 12.0 Å². The number of ether oxygens (including phenoxy) is 1. The summed E-state index contributed by atoms with van der Waals surface area (Å²) in [5, 5.41) is 11.5. The van der Waals surface area contributed by atoms with Crippen LogP contribution in [0.3, 0.4) is 0 Å². The van der Waals surface area contributed by atoms with Gasteiger partial charge in [0.1, 0.15) is 12.4 Å². The van der Waals surface area contributed by atoms with E-state index in [9.17, 15) is 5.11 Å². The number of likely N-dealkylation sites (N-methyl/N-ethyl adjacent to an activating group) is 1. The van der Waals surface area contributed by atoms with Crippen molar-refractivity contribution in [3.05, 3.63) is 65.7 Å². The molecule has 0 aliphatic heterocycles. The van der Waals surface area contributed by atoms with Gasteiger partial charge in [0.15, 0.2) is 0 Å². The monoisotopic (exact) mass is 396 g/mol. The maximum atomic E-state index is 11.5. The first kappa shape index (κ1) is 21.8. The van der Waals surface area contributed by atoms with Gasteiger partial charge in [0.2, 0.25) is 0 Å². The fourth-order valence-corrected chi connectivity index (χ4v) is 4.51. The third kappa shape index (κ3) is 6.30. The summed E-state index contributed by atoms with van der Waals surface area (Å²) in [6.07, 6.45) is 5.16. The molecule has 158 valence electrons. The van der Waals surface area contributed by atoms with E-state index in [2.05, 4.69) is 36.2 Å². The molecule has 29 heavy (non-hydrogen) atoms. The van der Waals surface area contributed by atoms with E-state index in [1.54, 1.807) is 0 Å². The van der Waals surface area contributed by atoms with Crippen molar-refractivity contribution < 1.29 is 9.84 Å². The Kier molecular flexibility index (Phi) is 7.70. The van der Waals surface area contributed by atoms with Gasteiger partial charge >= 0.3 is 0 Å². The first-order valence-electron chi connectivity index (χ1n) is 10.9. The van der Waals surface area contributed by atoms with Crippen LogP contribution < -0.4 is 10.5 Å². The molecule has 2 unspecified atom stereocenters. The van der Waals surface area contributed by atoms with Gasteiger partial charge in [0, 0.05) is 25.0 Å². The normalized spacial score (nSPS) is 18.4. The standard InChI is InChI=1S/C25H36N2O2/c1-20(26)17-27(2)18-24(25(28)15-7-4-8-16-25)22-11-13-23(14-12-22)29-19-21-9-5-3-6-10-21/h3,5-6,9-14,20,24,28H,4,7-8,15-19,26H2,1-2H3. The Morgan fingerprint density at radius 2 is 1.66 bits per heavy atom. The average Bonchev–Trinajstić information content (AvgIpc) is 2.72. The van der Waals surface area contributed by atoms with Gasteiger partial charge < -0.3 is 20.5 Å². The molecule has 0 heterocycles. The highest BCUT2D eigenvalue weighted by Gasteiger charge is 2.39. The molecular weight excluding hydrogens is 360 g/mol. The molecule has 2 aromatic rings. The Balaban J connectivity index is 1.72. The number of hydrogen-bond donors (Lipinski definition) is 2. The maximum Gasteiger partial charge on any atom is 0.119 e. The lowest BCUT2D eigenvalue weighted by molar-refractivity contribution is -0.0294. The molecule has 0 aromatic heterocycles. The van der Waals surface area contributed by atoms with Gasteiger partial charge in [-0.05, 0) is 50.1 Å². The molecule has 1 saturated carbocycles. The van der Waals surface area contributed by atoms with Crippen LogP contribution in [0.15, 0.2) is 54.6 Å². The molecule has 0 spiro atoms. The Morgan fingerprint density at radius 1 is 1.00 bits per heavy atom. The summed E-state index contributed by atoms with van der Waals surface area (Å²) in [5.41, 5.74) is 7.69. The first-order valence-corrected chi connectivity index (χ1v) is 10.9. The molecule has 1 fully saturated rings. The zero-order valence-corrected chi connectivity index (χ0v) is 17.9. The van der Waals surface area contributed by atoms with Crippen LogP contribution in [0.4, 0.5) is 0 Å². The number of nitrogens with two attached hydrogens (primary N) is 1. The predicted octanol–water partition coefficient (Wildman–Crippen LogP) is 4.32. The van der Waals surface area contributed by atoms with Crippen LogP contribution in [0.5, 0.6) is 5.75 Å². The fraction of sp³-hybridized carbons (Fsp3) is 0.520. The Morgan fingerprint density at radius 3 is 2.28 bits per heavy atom. The first-order chi connectivity index (χ1) is 14.0. The molecular formula is C25H36N2O2. The molecule has 3 N–H and O–H groups in total. The SMILES string of the molecule is CC(N)CN(C)CC(c1ccc(OCc2ccccc2)cc1)C1(O)CCCCC1. The lowest BCUT2D eigenvalue weighted by Gasteiger charge is -2.41. The van der Waals surface area contributed by atoms with Crippen LogP contribution in [0.1, 0.15) is 56.1 Å². The van der Waals surface area contributed by atoms with Crippen LogP contribution in [-0.4, -0.2) is 41.8 Å². The summed E-state index contributed by atoms with van der Waals surface area (Å²) in [5.74, 6) is 0.936. The quantitative estimate of drug-likeness (QED) is 0.663. The van der Waals surface area contributed by atoms with Gasteiger partial charge in [0.05, 0.1) is 5.60 Å². The van der Waals surface area contributed by atoms with E-state index < -0.39 is 5.60 Å². The highest BCUT2D eigenvalue weighted by Crippen LogP contribution is 2.40. The van der Waals surface area contributed by atoms with Crippen molar-refractivity contribution in [2.75, 3.05) is 20.1 Å². The molecule has 1 aliphatic carbocycles. The van der Waals surface area contributed by atoms with Crippen molar-refractivity contribution in [2.45, 2.75) is 63.2 Å². The lowest BCUT2D eigenvalue weighted by Crippen LogP contribution is -2.45. The molecule has 0 amide bonds. The zero-order chi connectivity index (χ0) is 20.7. The Bertz CT molecular complexity index is 724. The third-order valence-corrected chi connectivity index (χ3v) is 5.99. The minimum absolute atomic E-state index is 0.0784. The van der Waals surface area contributed by atoms with E-state index in [1.807, 2.05) is 37.3 Å². The van der Waals surface area contributed by atoms with Crippen LogP contribution >= 0.6 is 0 Å². The van der Waals surface area contributed by atoms with Crippen molar-refractivity contribution >= 4 is 0 Å². The molecule has 2 aromatic carbocycles. The molecule has 4 heteroatoms. The highest BCUT2D eigenvalue weighted by atomic mass is 16.5. The van der Waals surface area contributed by atoms with Crippen LogP contribution in [0.2, 0.25) is 0 Å². The van der Waals surface area contributed by atoms with Crippen molar-refractivity contribution in [1.82, 2.24) is 4.90 Å². The van der Waals surface area contributed by atoms with Crippen LogP contribution in [0.25, 0.3) is 0 Å². The van der Waals surface area contributed by atoms with Crippen molar-refractivity contribution in [3.8, 4) is 5.75 Å². The van der Waals surface area contributed by atoms with Crippen LogP contribution in [0, 0.1) is 0 Å². The third-order valence-electron chi connectivity index (χ3n) is 5.99. The molecule has 0 radical (unpaired) electrons. The largest absolute Gasteiger partial charge is 0.489 e. The van der Waals surface area contributed by atoms with Crippen molar-refractivity contribution in [2.24, 2.45) is 5.73 Å². The van der Waals surface area contributed by atoms with Gasteiger partial charge in [-0.15, -0.1) is 0 Å². The number of hydrogen-bond acceptors (Lipinski definition) is 4. The second-order valence-electron chi connectivity index (χ2n) is 8.76. The van der Waals surface area contributed by atoms with Gasteiger partial charge in [-0.2, -0.15) is 0 Å². The zero-order valence-electron chi connectivity index (χ0n) is 17.9. The summed E-state index contributed by atoms with van der Waals surface area (Å²) in [4.78, 5) is 2.25. The maximum absolute atomic E-state index is 11.5. The van der Waals surface area contributed by atoms with Gasteiger partial charge in [-0.3, -0.25) is 0 Å². The van der Waals surface area contributed by atoms with Crippen LogP contribution in [-0.2, 0) is 6.61 Å². The second-order valence-corrected chi connectivity index (χ2v) is 8.76. The van der Waals surface area contributed by atoms with Gasteiger partial charge in [-0.1, -0.05) is 61.7 Å². The molecule has 3 rings (SSSR count). The Hall–Kier alpha value is -1.88. The molecule has 2 atom stereocenters. The second kappa shape index (κ2) is 10.2. The summed E-state index contributed by atoms with van der Waals surface area (Å²) in [6, 6.07) is 18.6. The lowest BCUT2D eigenvalue weighted by atomic mass is 9.72. The molecule has 0 saturated heterocycles. The minimum Gasteiger partial charge on any atom is -0.489 e. The van der Waals surface area contributed by atoms with Crippen molar-refractivity contribution in [3.63, 3.8) is 0 Å². The topological polar surface area (TPSA) is 58.7 Å². The smallest absolute Gasteiger partial charge is 0.119 e.